The first-order valence-electron chi connectivity index (χ1n) is 9.19. The number of phenols is 1. The number of anilines is 1. The number of nitrogens with two attached hydrogens (primary N) is 1. The number of piperidine rings is 1. The quantitative estimate of drug-likeness (QED) is 0.735. The Bertz CT molecular complexity index is 708. The van der Waals surface area contributed by atoms with E-state index < -0.39 is 0 Å². The van der Waals surface area contributed by atoms with E-state index in [0.29, 0.717) is 17.4 Å². The van der Waals surface area contributed by atoms with Crippen LogP contribution in [0, 0.1) is 5.92 Å². The number of nitrogens with one attached hydrogen (secondary N) is 1. The molecular weight excluding hydrogens is 310 g/mol. The van der Waals surface area contributed by atoms with Crippen molar-refractivity contribution in [1.29, 1.82) is 0 Å². The molecule has 132 valence electrons. The average Bonchev–Trinajstić information content (AvgIpc) is 2.80. The summed E-state index contributed by atoms with van der Waals surface area (Å²) in [6, 6.07) is 7.67. The highest BCUT2D eigenvalue weighted by Gasteiger charge is 2.31. The van der Waals surface area contributed by atoms with Crippen molar-refractivity contribution < 1.29 is 5.11 Å². The molecule has 2 aromatic rings. The lowest BCUT2D eigenvalue weighted by Gasteiger charge is -2.32. The molecule has 2 aliphatic rings. The number of aromatic hydroxyl groups is 1. The van der Waals surface area contributed by atoms with E-state index in [-0.39, 0.29) is 5.92 Å². The molecule has 0 bridgehead atoms. The molecule has 1 aromatic carbocycles. The number of phenolic OH excluding ortho intramolecular Hbond substituents is 1. The third kappa shape index (κ3) is 3.54. The Labute approximate surface area is 149 Å². The van der Waals surface area contributed by atoms with Gasteiger partial charge >= 0.3 is 0 Å². The van der Waals surface area contributed by atoms with Gasteiger partial charge in [0.2, 0.25) is 0 Å². The summed E-state index contributed by atoms with van der Waals surface area (Å²) < 4.78 is 0. The van der Waals surface area contributed by atoms with Crippen LogP contribution in [0.1, 0.15) is 55.0 Å². The fourth-order valence-corrected chi connectivity index (χ4v) is 3.87. The Morgan fingerprint density at radius 3 is 2.56 bits per heavy atom. The molecule has 1 saturated heterocycles. The number of rotatable bonds is 1. The van der Waals surface area contributed by atoms with Crippen LogP contribution < -0.4 is 11.1 Å². The van der Waals surface area contributed by atoms with Gasteiger partial charge in [0.1, 0.15) is 5.75 Å². The van der Waals surface area contributed by atoms with Gasteiger partial charge in [0.05, 0.1) is 17.6 Å². The maximum absolute atomic E-state index is 9.86. The van der Waals surface area contributed by atoms with Crippen molar-refractivity contribution in [2.45, 2.75) is 32.6 Å². The summed E-state index contributed by atoms with van der Waals surface area (Å²) in [5.41, 5.74) is 11.1. The molecule has 1 atom stereocenters. The van der Waals surface area contributed by atoms with Gasteiger partial charge in [-0.2, -0.15) is 0 Å². The van der Waals surface area contributed by atoms with Crippen molar-refractivity contribution in [2.24, 2.45) is 5.92 Å². The third-order valence-electron chi connectivity index (χ3n) is 4.97. The maximum Gasteiger partial charge on any atom is 0.116 e. The van der Waals surface area contributed by atoms with Crippen LogP contribution in [-0.2, 0) is 0 Å². The normalized spacial score (nSPS) is 19.2. The predicted octanol–water partition coefficient (Wildman–Crippen LogP) is 4.01. The van der Waals surface area contributed by atoms with Crippen molar-refractivity contribution in [1.82, 2.24) is 10.3 Å². The van der Waals surface area contributed by atoms with Crippen molar-refractivity contribution in [3.05, 3.63) is 52.8 Å². The van der Waals surface area contributed by atoms with Crippen LogP contribution in [0.5, 0.6) is 5.75 Å². The van der Waals surface area contributed by atoms with Gasteiger partial charge in [0, 0.05) is 5.92 Å². The van der Waals surface area contributed by atoms with E-state index in [2.05, 4.69) is 23.5 Å². The third-order valence-corrected chi connectivity index (χ3v) is 4.97. The molecular formula is C21H27N3O. The molecule has 0 saturated carbocycles. The molecule has 1 aliphatic carbocycles. The Kier molecular flexibility index (Phi) is 5.39. The number of fused-ring (bicyclic) bond motifs is 2. The lowest BCUT2D eigenvalue weighted by molar-refractivity contribution is 0.338. The zero-order valence-electron chi connectivity index (χ0n) is 15.0. The van der Waals surface area contributed by atoms with E-state index >= 15 is 0 Å². The van der Waals surface area contributed by atoms with Gasteiger partial charge in [-0.3, -0.25) is 4.98 Å². The molecule has 2 heterocycles. The number of benzene rings is 1. The van der Waals surface area contributed by atoms with Crippen LogP contribution in [0.15, 0.2) is 30.5 Å². The Hall–Kier alpha value is -2.33. The second-order valence-electron chi connectivity index (χ2n) is 6.45. The lowest BCUT2D eigenvalue weighted by Crippen LogP contribution is -2.32. The summed E-state index contributed by atoms with van der Waals surface area (Å²) in [6.07, 6.45) is 8.16. The first-order valence-corrected chi connectivity index (χ1v) is 9.19. The molecule has 4 rings (SSSR count). The number of pyridine rings is 1. The molecule has 0 radical (unpaired) electrons. The van der Waals surface area contributed by atoms with Gasteiger partial charge in [0.15, 0.2) is 0 Å². The van der Waals surface area contributed by atoms with E-state index in [4.69, 9.17) is 10.7 Å². The van der Waals surface area contributed by atoms with Crippen LogP contribution in [0.3, 0.4) is 0 Å². The molecule has 1 unspecified atom stereocenters. The molecule has 0 spiro atoms. The molecule has 1 aliphatic heterocycles. The van der Waals surface area contributed by atoms with Gasteiger partial charge in [-0.1, -0.05) is 32.1 Å². The van der Waals surface area contributed by atoms with Gasteiger partial charge in [0.25, 0.3) is 0 Å². The molecule has 4 nitrogen and oxygen atoms in total. The Morgan fingerprint density at radius 1 is 1.08 bits per heavy atom. The minimum absolute atomic E-state index is 0.248. The summed E-state index contributed by atoms with van der Waals surface area (Å²) in [7, 11) is 0. The van der Waals surface area contributed by atoms with Crippen LogP contribution in [0.2, 0.25) is 0 Å². The summed E-state index contributed by atoms with van der Waals surface area (Å²) in [4.78, 5) is 4.70. The van der Waals surface area contributed by atoms with E-state index in [0.717, 1.165) is 42.8 Å². The van der Waals surface area contributed by atoms with Gasteiger partial charge < -0.3 is 16.2 Å². The fourth-order valence-electron chi connectivity index (χ4n) is 3.87. The second kappa shape index (κ2) is 7.70. The predicted molar refractivity (Wildman–Crippen MR) is 104 cm³/mol. The zero-order chi connectivity index (χ0) is 17.8. The number of nitrogen functional groups attached to an aromatic ring is 1. The highest BCUT2D eigenvalue weighted by atomic mass is 16.3. The van der Waals surface area contributed by atoms with Crippen LogP contribution in [0.4, 0.5) is 5.69 Å². The van der Waals surface area contributed by atoms with E-state index in [1.165, 1.54) is 5.56 Å². The standard InChI is InChI=1S/C19H21N3O.C2H6/c20-15-9-14-2-1-13-10-16(23)3-4-17(13)18(19(14)22-11-15)12-5-7-21-8-6-12;1-2/h1-4,9-12,18,21,23H,5-8,20H2;1-2H3. The molecule has 4 heteroatoms. The Balaban J connectivity index is 0.000000880. The molecule has 4 N–H and O–H groups in total. The number of hydrogen-bond donors (Lipinski definition) is 3. The topological polar surface area (TPSA) is 71.2 Å². The Morgan fingerprint density at radius 2 is 1.80 bits per heavy atom. The number of nitrogens with zero attached hydrogens (tertiary/aromatic N) is 1. The minimum atomic E-state index is 0.248. The molecule has 0 amide bonds. The van der Waals surface area contributed by atoms with Crippen molar-refractivity contribution in [3.8, 4) is 5.75 Å². The summed E-state index contributed by atoms with van der Waals surface area (Å²) >= 11 is 0. The van der Waals surface area contributed by atoms with Crippen LogP contribution in [-0.4, -0.2) is 23.2 Å². The zero-order valence-corrected chi connectivity index (χ0v) is 15.0. The molecule has 25 heavy (non-hydrogen) atoms. The first kappa shape index (κ1) is 17.5. The van der Waals surface area contributed by atoms with Crippen molar-refractivity contribution in [3.63, 3.8) is 0 Å². The summed E-state index contributed by atoms with van der Waals surface area (Å²) in [6.45, 7) is 6.10. The SMILES string of the molecule is CC.Nc1cnc2c(c1)C=Cc1cc(O)ccc1C2C1CCNCC1. The van der Waals surface area contributed by atoms with Gasteiger partial charge in [-0.15, -0.1) is 0 Å². The summed E-state index contributed by atoms with van der Waals surface area (Å²) in [5, 5.41) is 13.3. The largest absolute Gasteiger partial charge is 0.508 e. The number of aromatic nitrogens is 1. The van der Waals surface area contributed by atoms with Gasteiger partial charge in [-0.05, 0) is 66.7 Å². The summed E-state index contributed by atoms with van der Waals surface area (Å²) in [5.74, 6) is 1.10. The second-order valence-corrected chi connectivity index (χ2v) is 6.45. The van der Waals surface area contributed by atoms with E-state index in [9.17, 15) is 5.11 Å². The lowest BCUT2D eigenvalue weighted by atomic mass is 9.76. The molecule has 1 fully saturated rings. The van der Waals surface area contributed by atoms with Gasteiger partial charge in [-0.25, -0.2) is 0 Å². The highest BCUT2D eigenvalue weighted by molar-refractivity contribution is 5.77. The van der Waals surface area contributed by atoms with Crippen LogP contribution in [0.25, 0.3) is 12.2 Å². The fraction of sp³-hybridized carbons (Fsp3) is 0.381. The highest BCUT2D eigenvalue weighted by Crippen LogP contribution is 2.42. The number of hydrogen-bond acceptors (Lipinski definition) is 4. The maximum atomic E-state index is 9.86. The average molecular weight is 337 g/mol. The minimum Gasteiger partial charge on any atom is -0.508 e. The van der Waals surface area contributed by atoms with E-state index in [1.54, 1.807) is 12.3 Å². The monoisotopic (exact) mass is 337 g/mol. The first-order chi connectivity index (χ1) is 12.2. The van der Waals surface area contributed by atoms with Crippen molar-refractivity contribution >= 4 is 17.8 Å². The van der Waals surface area contributed by atoms with Crippen LogP contribution >= 0.6 is 0 Å². The van der Waals surface area contributed by atoms with E-state index in [1.807, 2.05) is 26.0 Å². The van der Waals surface area contributed by atoms with Crippen molar-refractivity contribution in [2.75, 3.05) is 18.8 Å². The smallest absolute Gasteiger partial charge is 0.116 e. The molecule has 1 aromatic heterocycles.